The zero-order chi connectivity index (χ0) is 12.9. The van der Waals surface area contributed by atoms with Gasteiger partial charge >= 0.3 is 0 Å². The lowest BCUT2D eigenvalue weighted by molar-refractivity contribution is 0.592. The molecule has 0 N–H and O–H groups in total. The molecule has 0 radical (unpaired) electrons. The Hall–Kier alpha value is -0.250. The van der Waals surface area contributed by atoms with E-state index in [-0.39, 0.29) is 11.7 Å². The molecule has 5 heteroatoms. The van der Waals surface area contributed by atoms with E-state index in [0.717, 1.165) is 12.0 Å². The number of alkyl halides is 1. The summed E-state index contributed by atoms with van der Waals surface area (Å²) in [6, 6.07) is 7.55. The number of rotatable bonds is 6. The van der Waals surface area contributed by atoms with E-state index < -0.39 is 9.84 Å². The van der Waals surface area contributed by atoms with Gasteiger partial charge in [-0.25, -0.2) is 8.42 Å². The molecule has 1 unspecified atom stereocenters. The average molecular weight is 295 g/mol. The SMILES string of the molecule is CS(=O)(=O)CCCC(CCl)c1cccc(Cl)c1. The third-order valence-electron chi connectivity index (χ3n) is 2.57. The zero-order valence-electron chi connectivity index (χ0n) is 9.70. The highest BCUT2D eigenvalue weighted by Gasteiger charge is 2.12. The summed E-state index contributed by atoms with van der Waals surface area (Å²) in [4.78, 5) is 0. The molecule has 0 aliphatic heterocycles. The van der Waals surface area contributed by atoms with Crippen molar-refractivity contribution in [2.75, 3.05) is 17.9 Å². The van der Waals surface area contributed by atoms with Crippen LogP contribution in [0, 0.1) is 0 Å². The highest BCUT2D eigenvalue weighted by atomic mass is 35.5. The summed E-state index contributed by atoms with van der Waals surface area (Å²) in [7, 11) is -2.89. The van der Waals surface area contributed by atoms with Crippen LogP contribution in [0.3, 0.4) is 0 Å². The minimum absolute atomic E-state index is 0.164. The summed E-state index contributed by atoms with van der Waals surface area (Å²) in [6.45, 7) is 0. The fourth-order valence-corrected chi connectivity index (χ4v) is 2.91. The van der Waals surface area contributed by atoms with Crippen molar-refractivity contribution in [1.29, 1.82) is 0 Å². The van der Waals surface area contributed by atoms with E-state index in [1.807, 2.05) is 24.3 Å². The van der Waals surface area contributed by atoms with Crippen molar-refractivity contribution >= 4 is 33.0 Å². The standard InChI is InChI=1S/C12H16Cl2O2S/c1-17(15,16)7-3-5-11(9-13)10-4-2-6-12(14)8-10/h2,4,6,8,11H,3,5,7,9H2,1H3. The van der Waals surface area contributed by atoms with Gasteiger partial charge in [-0.05, 0) is 36.5 Å². The second-order valence-corrected chi connectivity index (χ2v) is 7.18. The van der Waals surface area contributed by atoms with Gasteiger partial charge in [0.25, 0.3) is 0 Å². The largest absolute Gasteiger partial charge is 0.229 e. The number of sulfone groups is 1. The lowest BCUT2D eigenvalue weighted by Crippen LogP contribution is -2.07. The number of halogens is 2. The molecule has 0 spiro atoms. The van der Waals surface area contributed by atoms with Crippen molar-refractivity contribution in [2.24, 2.45) is 0 Å². The molecule has 2 nitrogen and oxygen atoms in total. The Morgan fingerprint density at radius 1 is 1.35 bits per heavy atom. The normalized spacial score (nSPS) is 13.6. The molecular formula is C12H16Cl2O2S. The minimum atomic E-state index is -2.89. The van der Waals surface area contributed by atoms with Gasteiger partial charge in [0.1, 0.15) is 9.84 Å². The van der Waals surface area contributed by atoms with Crippen LogP contribution < -0.4 is 0 Å². The van der Waals surface area contributed by atoms with Crippen LogP contribution in [0.1, 0.15) is 24.3 Å². The van der Waals surface area contributed by atoms with E-state index in [1.54, 1.807) is 0 Å². The van der Waals surface area contributed by atoms with Crippen molar-refractivity contribution in [1.82, 2.24) is 0 Å². The van der Waals surface area contributed by atoms with Gasteiger partial charge in [-0.15, -0.1) is 11.6 Å². The second-order valence-electron chi connectivity index (χ2n) is 4.18. The molecule has 0 aliphatic carbocycles. The van der Waals surface area contributed by atoms with E-state index in [0.29, 0.717) is 17.3 Å². The molecule has 0 bridgehead atoms. The monoisotopic (exact) mass is 294 g/mol. The fourth-order valence-electron chi connectivity index (χ4n) is 1.69. The molecule has 1 aromatic carbocycles. The summed E-state index contributed by atoms with van der Waals surface area (Å²) < 4.78 is 22.1. The first-order valence-corrected chi connectivity index (χ1v) is 8.39. The quantitative estimate of drug-likeness (QED) is 0.753. The van der Waals surface area contributed by atoms with E-state index in [2.05, 4.69) is 0 Å². The van der Waals surface area contributed by atoms with E-state index in [1.165, 1.54) is 6.26 Å². The van der Waals surface area contributed by atoms with Crippen LogP contribution in [0.2, 0.25) is 5.02 Å². The van der Waals surface area contributed by atoms with Crippen LogP contribution >= 0.6 is 23.2 Å². The summed E-state index contributed by atoms with van der Waals surface area (Å²) in [5.74, 6) is 0.850. The maximum Gasteiger partial charge on any atom is 0.147 e. The zero-order valence-corrected chi connectivity index (χ0v) is 12.0. The number of hydrogen-bond donors (Lipinski definition) is 0. The van der Waals surface area contributed by atoms with Gasteiger partial charge in [-0.1, -0.05) is 23.7 Å². The third kappa shape index (κ3) is 5.75. The molecule has 1 aromatic rings. The summed E-state index contributed by atoms with van der Waals surface area (Å²) >= 11 is 11.8. The highest BCUT2D eigenvalue weighted by Crippen LogP contribution is 2.25. The molecule has 0 saturated heterocycles. The maximum atomic E-state index is 11.0. The smallest absolute Gasteiger partial charge is 0.147 e. The van der Waals surface area contributed by atoms with Gasteiger partial charge in [-0.2, -0.15) is 0 Å². The van der Waals surface area contributed by atoms with Crippen molar-refractivity contribution in [3.8, 4) is 0 Å². The van der Waals surface area contributed by atoms with Crippen LogP contribution in [-0.4, -0.2) is 26.3 Å². The van der Waals surface area contributed by atoms with Crippen molar-refractivity contribution in [3.05, 3.63) is 34.9 Å². The van der Waals surface area contributed by atoms with Crippen LogP contribution in [0.4, 0.5) is 0 Å². The van der Waals surface area contributed by atoms with Gasteiger partial charge < -0.3 is 0 Å². The average Bonchev–Trinajstić information content (AvgIpc) is 2.23. The Morgan fingerprint density at radius 3 is 2.59 bits per heavy atom. The van der Waals surface area contributed by atoms with E-state index >= 15 is 0 Å². The molecule has 17 heavy (non-hydrogen) atoms. The van der Waals surface area contributed by atoms with Gasteiger partial charge in [0.05, 0.1) is 0 Å². The molecule has 0 saturated carbocycles. The molecule has 0 heterocycles. The molecule has 0 fully saturated rings. The minimum Gasteiger partial charge on any atom is -0.229 e. The molecule has 96 valence electrons. The predicted octanol–water partition coefficient (Wildman–Crippen LogP) is 3.49. The molecule has 1 rings (SSSR count). The van der Waals surface area contributed by atoms with Gasteiger partial charge in [0, 0.05) is 22.9 Å². The Labute approximate surface area is 113 Å². The van der Waals surface area contributed by atoms with Crippen molar-refractivity contribution in [3.63, 3.8) is 0 Å². The summed E-state index contributed by atoms with van der Waals surface area (Å²) in [6.07, 6.45) is 2.64. The lowest BCUT2D eigenvalue weighted by Gasteiger charge is -2.14. The van der Waals surface area contributed by atoms with Crippen LogP contribution in [0.5, 0.6) is 0 Å². The Balaban J connectivity index is 2.60. The van der Waals surface area contributed by atoms with Crippen LogP contribution in [0.25, 0.3) is 0 Å². The Bertz CT molecular complexity index is 457. The topological polar surface area (TPSA) is 34.1 Å². The maximum absolute atomic E-state index is 11.0. The van der Waals surface area contributed by atoms with E-state index in [4.69, 9.17) is 23.2 Å². The number of hydrogen-bond acceptors (Lipinski definition) is 2. The molecule has 0 amide bonds. The molecule has 0 aliphatic rings. The van der Waals surface area contributed by atoms with Gasteiger partial charge in [0.15, 0.2) is 0 Å². The van der Waals surface area contributed by atoms with Crippen LogP contribution in [-0.2, 0) is 9.84 Å². The number of benzene rings is 1. The van der Waals surface area contributed by atoms with Crippen molar-refractivity contribution in [2.45, 2.75) is 18.8 Å². The Morgan fingerprint density at radius 2 is 2.06 bits per heavy atom. The van der Waals surface area contributed by atoms with Gasteiger partial charge in [0.2, 0.25) is 0 Å². The molecule has 0 aromatic heterocycles. The predicted molar refractivity (Wildman–Crippen MR) is 73.9 cm³/mol. The van der Waals surface area contributed by atoms with Gasteiger partial charge in [-0.3, -0.25) is 0 Å². The fraction of sp³-hybridized carbons (Fsp3) is 0.500. The first kappa shape index (κ1) is 14.8. The highest BCUT2D eigenvalue weighted by molar-refractivity contribution is 7.90. The first-order chi connectivity index (χ1) is 7.92. The van der Waals surface area contributed by atoms with E-state index in [9.17, 15) is 8.42 Å². The third-order valence-corrected chi connectivity index (χ3v) is 4.21. The van der Waals surface area contributed by atoms with Crippen LogP contribution in [0.15, 0.2) is 24.3 Å². The Kier molecular flexibility index (Phi) is 5.77. The second kappa shape index (κ2) is 6.62. The summed E-state index contributed by atoms with van der Waals surface area (Å²) in [5, 5.41) is 0.681. The summed E-state index contributed by atoms with van der Waals surface area (Å²) in [5.41, 5.74) is 1.07. The first-order valence-electron chi connectivity index (χ1n) is 5.41. The van der Waals surface area contributed by atoms with Crippen molar-refractivity contribution < 1.29 is 8.42 Å². The molecule has 1 atom stereocenters. The lowest BCUT2D eigenvalue weighted by atomic mass is 9.96. The molecular weight excluding hydrogens is 279 g/mol.